The molecule has 3 aliphatic carbocycles. The van der Waals surface area contributed by atoms with Gasteiger partial charge < -0.3 is 37.5 Å². The SMILES string of the molecule is COc1cc(C)c(OC)c(C2=C(OPc3c(C)cc4c(c3-c3c5c(cc(C)c3POc3c(C)cc(OC)cc3-c3cc(OC)cc(C)c3OC)CCCC5)CCCC4)C(C)=CC(OC)C2)c1. The van der Waals surface area contributed by atoms with E-state index in [1.54, 1.807) is 42.7 Å². The first kappa shape index (κ1) is 47.5. The van der Waals surface area contributed by atoms with E-state index in [4.69, 9.17) is 37.5 Å². The van der Waals surface area contributed by atoms with Crippen LogP contribution >= 0.6 is 17.6 Å². The molecule has 348 valence electrons. The Morgan fingerprint density at radius 2 is 0.894 bits per heavy atom. The second-order valence-electron chi connectivity index (χ2n) is 18.0. The third-order valence-electron chi connectivity index (χ3n) is 13.7. The Labute approximate surface area is 396 Å². The number of ether oxygens (including phenoxy) is 6. The summed E-state index contributed by atoms with van der Waals surface area (Å²) in [6.07, 6.45) is 11.7. The zero-order valence-electron chi connectivity index (χ0n) is 40.9. The zero-order valence-corrected chi connectivity index (χ0v) is 42.9. The van der Waals surface area contributed by atoms with Crippen LogP contribution in [0, 0.1) is 34.6 Å². The maximum absolute atomic E-state index is 7.31. The lowest BCUT2D eigenvalue weighted by atomic mass is 9.79. The molecule has 3 unspecified atom stereocenters. The quantitative estimate of drug-likeness (QED) is 0.0962. The van der Waals surface area contributed by atoms with Gasteiger partial charge >= 0.3 is 0 Å². The predicted octanol–water partition coefficient (Wildman–Crippen LogP) is 12.7. The van der Waals surface area contributed by atoms with E-state index < -0.39 is 0 Å². The third-order valence-corrected chi connectivity index (χ3v) is 16.0. The first-order chi connectivity index (χ1) is 31.9. The van der Waals surface area contributed by atoms with Crippen LogP contribution in [0.2, 0.25) is 0 Å². The molecule has 0 N–H and O–H groups in total. The second-order valence-corrected chi connectivity index (χ2v) is 19.8. The summed E-state index contributed by atoms with van der Waals surface area (Å²) in [6.45, 7) is 12.9. The number of hydrogen-bond donors (Lipinski definition) is 0. The Balaban J connectivity index is 1.30. The molecule has 5 aromatic carbocycles. The number of allylic oxidation sites excluding steroid dienone is 1. The summed E-state index contributed by atoms with van der Waals surface area (Å²) in [5.41, 5.74) is 18.9. The van der Waals surface area contributed by atoms with Crippen molar-refractivity contribution in [2.45, 2.75) is 105 Å². The van der Waals surface area contributed by atoms with Gasteiger partial charge in [0.25, 0.3) is 0 Å². The maximum Gasteiger partial charge on any atom is 0.134 e. The highest BCUT2D eigenvalue weighted by Gasteiger charge is 2.31. The van der Waals surface area contributed by atoms with Gasteiger partial charge in [-0.05, 0) is 202 Å². The van der Waals surface area contributed by atoms with Gasteiger partial charge in [0.05, 0.1) is 41.7 Å². The summed E-state index contributed by atoms with van der Waals surface area (Å²) >= 11 is 0. The summed E-state index contributed by atoms with van der Waals surface area (Å²) in [5.74, 6) is 5.55. The molecular weight excluding hydrogens is 863 g/mol. The molecule has 0 amide bonds. The van der Waals surface area contributed by atoms with Crippen LogP contribution in [-0.2, 0) is 34.9 Å². The summed E-state index contributed by atoms with van der Waals surface area (Å²) in [5, 5.41) is 2.52. The fraction of sp³-hybridized carbons (Fsp3) is 0.393. The summed E-state index contributed by atoms with van der Waals surface area (Å²) in [7, 11) is 10.4. The topological polar surface area (TPSA) is 73.8 Å². The van der Waals surface area contributed by atoms with E-state index in [1.807, 2.05) is 25.1 Å². The van der Waals surface area contributed by atoms with E-state index in [-0.39, 0.29) is 23.7 Å². The minimum Gasteiger partial charge on any atom is -0.497 e. The molecule has 3 atom stereocenters. The van der Waals surface area contributed by atoms with E-state index in [9.17, 15) is 0 Å². The maximum atomic E-state index is 7.31. The van der Waals surface area contributed by atoms with E-state index >= 15 is 0 Å². The van der Waals surface area contributed by atoms with Crippen molar-refractivity contribution < 1.29 is 37.5 Å². The third kappa shape index (κ3) is 9.18. The molecule has 10 heteroatoms. The molecule has 0 aromatic heterocycles. The van der Waals surface area contributed by atoms with Crippen molar-refractivity contribution in [3.63, 3.8) is 0 Å². The molecule has 0 saturated carbocycles. The molecule has 0 radical (unpaired) electrons. The lowest BCUT2D eigenvalue weighted by Crippen LogP contribution is -2.22. The van der Waals surface area contributed by atoms with Gasteiger partial charge in [-0.3, -0.25) is 0 Å². The van der Waals surface area contributed by atoms with Crippen molar-refractivity contribution in [1.82, 2.24) is 0 Å². The van der Waals surface area contributed by atoms with Crippen molar-refractivity contribution in [2.75, 3.05) is 42.7 Å². The Bertz CT molecular complexity index is 2730. The van der Waals surface area contributed by atoms with Crippen LogP contribution in [0.15, 0.2) is 65.9 Å². The fourth-order valence-electron chi connectivity index (χ4n) is 10.5. The van der Waals surface area contributed by atoms with Crippen molar-refractivity contribution in [2.24, 2.45) is 0 Å². The fourth-order valence-corrected chi connectivity index (χ4v) is 12.7. The van der Waals surface area contributed by atoms with Gasteiger partial charge in [0.2, 0.25) is 0 Å². The largest absolute Gasteiger partial charge is 0.497 e. The molecule has 0 spiro atoms. The molecule has 0 aliphatic heterocycles. The van der Waals surface area contributed by atoms with Crippen molar-refractivity contribution >= 4 is 33.8 Å². The average molecular weight is 929 g/mol. The van der Waals surface area contributed by atoms with Crippen molar-refractivity contribution in [3.8, 4) is 56.8 Å². The number of rotatable bonds is 15. The molecule has 8 rings (SSSR count). The Hall–Kier alpha value is -5.00. The minimum absolute atomic E-state index is 0.0237. The Morgan fingerprint density at radius 1 is 0.455 bits per heavy atom. The van der Waals surface area contributed by atoms with Gasteiger partial charge in [-0.2, -0.15) is 0 Å². The highest BCUT2D eigenvalue weighted by molar-refractivity contribution is 7.43. The van der Waals surface area contributed by atoms with Crippen LogP contribution in [0.3, 0.4) is 0 Å². The summed E-state index contributed by atoms with van der Waals surface area (Å²) in [4.78, 5) is 0. The molecule has 0 bridgehead atoms. The Kier molecular flexibility index (Phi) is 14.7. The van der Waals surface area contributed by atoms with Crippen LogP contribution < -0.4 is 38.8 Å². The highest BCUT2D eigenvalue weighted by Crippen LogP contribution is 2.49. The highest BCUT2D eigenvalue weighted by atomic mass is 31.1. The van der Waals surface area contributed by atoms with Crippen molar-refractivity contribution in [3.05, 3.63) is 122 Å². The molecule has 8 nitrogen and oxygen atoms in total. The number of aryl methyl sites for hydroxylation is 7. The summed E-state index contributed by atoms with van der Waals surface area (Å²) < 4.78 is 50.1. The Morgan fingerprint density at radius 3 is 1.38 bits per heavy atom. The molecule has 0 saturated heterocycles. The molecule has 5 aromatic rings. The van der Waals surface area contributed by atoms with Gasteiger partial charge in [-0.1, -0.05) is 12.1 Å². The summed E-state index contributed by atoms with van der Waals surface area (Å²) in [6, 6.07) is 17.1. The van der Waals surface area contributed by atoms with Gasteiger partial charge in [-0.15, -0.1) is 0 Å². The van der Waals surface area contributed by atoms with Crippen LogP contribution in [0.4, 0.5) is 0 Å². The number of fused-ring (bicyclic) bond motifs is 2. The smallest absolute Gasteiger partial charge is 0.134 e. The number of hydrogen-bond acceptors (Lipinski definition) is 8. The van der Waals surface area contributed by atoms with E-state index in [1.165, 1.54) is 68.0 Å². The standard InChI is InChI=1S/C56H66O8P2/c1-31-23-39(57-7)27-45(51(31)61-11)47-29-41(59-9)25-33(3)53(47)63-65-55-35(5)21-37-17-13-15-19-43(37)49(55)50-44-20-16-14-18-38(44)22-36(6)56(50)66-64-54-34(4)26-42(60-10)30-48(54)46-28-40(58-8)24-32(2)52(46)62-12/h21-29,42,65-66H,13-20,30H2,1-12H3. The van der Waals surface area contributed by atoms with Gasteiger partial charge in [-0.25, -0.2) is 0 Å². The van der Waals surface area contributed by atoms with Crippen molar-refractivity contribution in [1.29, 1.82) is 0 Å². The first-order valence-electron chi connectivity index (χ1n) is 23.2. The molecule has 0 heterocycles. The minimum atomic E-state index is -0.0980. The van der Waals surface area contributed by atoms with E-state index in [2.05, 4.69) is 71.0 Å². The van der Waals surface area contributed by atoms with Gasteiger partial charge in [0, 0.05) is 46.4 Å². The average Bonchev–Trinajstić information content (AvgIpc) is 3.32. The molecule has 0 fully saturated rings. The molecule has 3 aliphatic rings. The van der Waals surface area contributed by atoms with E-state index in [0.29, 0.717) is 6.42 Å². The van der Waals surface area contributed by atoms with Crippen LogP contribution in [0.5, 0.6) is 34.5 Å². The first-order valence-corrected chi connectivity index (χ1v) is 25.0. The van der Waals surface area contributed by atoms with Crippen LogP contribution in [-0.4, -0.2) is 48.8 Å². The van der Waals surface area contributed by atoms with Crippen LogP contribution in [0.1, 0.15) is 94.7 Å². The normalized spacial score (nSPS) is 16.1. The zero-order chi connectivity index (χ0) is 46.8. The molecular formula is C56H66O8P2. The predicted molar refractivity (Wildman–Crippen MR) is 274 cm³/mol. The lowest BCUT2D eigenvalue weighted by Gasteiger charge is -2.31. The second kappa shape index (κ2) is 20.5. The monoisotopic (exact) mass is 928 g/mol. The number of methoxy groups -OCH3 is 6. The molecule has 66 heavy (non-hydrogen) atoms. The van der Waals surface area contributed by atoms with Crippen LogP contribution in [0.25, 0.3) is 27.8 Å². The van der Waals surface area contributed by atoms with Gasteiger partial charge in [0.15, 0.2) is 0 Å². The van der Waals surface area contributed by atoms with Gasteiger partial charge in [0.1, 0.15) is 57.9 Å². The lowest BCUT2D eigenvalue weighted by molar-refractivity contribution is 0.142. The van der Waals surface area contributed by atoms with E-state index in [0.717, 1.165) is 123 Å². The number of benzene rings is 5.